The van der Waals surface area contributed by atoms with E-state index in [1.807, 2.05) is 36.8 Å². The summed E-state index contributed by atoms with van der Waals surface area (Å²) in [6.45, 7) is 5.57. The van der Waals surface area contributed by atoms with Crippen molar-refractivity contribution in [3.05, 3.63) is 83.9 Å². The molecular formula is C26H23N5O. The number of piperazine rings is 1. The fourth-order valence-electron chi connectivity index (χ4n) is 4.74. The van der Waals surface area contributed by atoms with E-state index in [1.54, 1.807) is 0 Å². The first-order valence-corrected chi connectivity index (χ1v) is 11.0. The lowest BCUT2D eigenvalue weighted by Crippen LogP contribution is -2.46. The number of anilines is 1. The smallest absolute Gasteiger partial charge is 0.145 e. The maximum atomic E-state index is 9.63. The molecule has 0 saturated carbocycles. The minimum Gasteiger partial charge on any atom is -0.456 e. The number of nitriles is 1. The number of imidazole rings is 1. The van der Waals surface area contributed by atoms with Gasteiger partial charge < -0.3 is 14.2 Å². The Balaban J connectivity index is 1.50. The Hall–Kier alpha value is -3.82. The summed E-state index contributed by atoms with van der Waals surface area (Å²) in [6.07, 6.45) is 3.85. The Labute approximate surface area is 186 Å². The van der Waals surface area contributed by atoms with Crippen LogP contribution >= 0.6 is 0 Å². The predicted octanol–water partition coefficient (Wildman–Crippen LogP) is 4.38. The van der Waals surface area contributed by atoms with E-state index in [-0.39, 0.29) is 0 Å². The number of fused-ring (bicyclic) bond motifs is 2. The van der Waals surface area contributed by atoms with Crippen molar-refractivity contribution in [2.75, 3.05) is 31.1 Å². The number of ether oxygens (including phenoxy) is 1. The molecule has 4 heterocycles. The quantitative estimate of drug-likeness (QED) is 0.422. The zero-order chi connectivity index (χ0) is 21.5. The molecule has 1 fully saturated rings. The van der Waals surface area contributed by atoms with E-state index >= 15 is 0 Å². The van der Waals surface area contributed by atoms with E-state index in [4.69, 9.17) is 4.74 Å². The van der Waals surface area contributed by atoms with Gasteiger partial charge in [-0.2, -0.15) is 5.26 Å². The number of benzene rings is 3. The zero-order valence-corrected chi connectivity index (χ0v) is 17.7. The molecule has 6 heteroatoms. The summed E-state index contributed by atoms with van der Waals surface area (Å²) in [6, 6.07) is 20.7. The maximum Gasteiger partial charge on any atom is 0.145 e. The van der Waals surface area contributed by atoms with Crippen molar-refractivity contribution in [3.63, 3.8) is 0 Å². The molecule has 6 bridgehead atoms. The monoisotopic (exact) mass is 421 g/mol. The average molecular weight is 422 g/mol. The first-order valence-electron chi connectivity index (χ1n) is 11.0. The van der Waals surface area contributed by atoms with Gasteiger partial charge in [-0.1, -0.05) is 24.3 Å². The van der Waals surface area contributed by atoms with Crippen LogP contribution in [0, 0.1) is 11.3 Å². The summed E-state index contributed by atoms with van der Waals surface area (Å²) in [5, 5.41) is 12.0. The van der Waals surface area contributed by atoms with E-state index < -0.39 is 0 Å². The second-order valence-corrected chi connectivity index (χ2v) is 8.48. The molecule has 1 aromatic heterocycles. The summed E-state index contributed by atoms with van der Waals surface area (Å²) in [4.78, 5) is 9.37. The van der Waals surface area contributed by atoms with Gasteiger partial charge in [-0.25, -0.2) is 4.98 Å². The molecule has 3 aliphatic heterocycles. The van der Waals surface area contributed by atoms with E-state index in [9.17, 15) is 5.26 Å². The van der Waals surface area contributed by atoms with Gasteiger partial charge in [0.2, 0.25) is 0 Å². The molecule has 0 unspecified atom stereocenters. The molecule has 3 aliphatic rings. The fraction of sp³-hybridized carbons (Fsp3) is 0.231. The van der Waals surface area contributed by atoms with Gasteiger partial charge in [-0.15, -0.1) is 0 Å². The van der Waals surface area contributed by atoms with Gasteiger partial charge in [-0.05, 0) is 41.3 Å². The molecule has 0 amide bonds. The van der Waals surface area contributed by atoms with Crippen molar-refractivity contribution in [1.29, 1.82) is 5.26 Å². The molecule has 0 aliphatic carbocycles. The third kappa shape index (κ3) is 3.37. The summed E-state index contributed by atoms with van der Waals surface area (Å²) in [5.74, 6) is 1.33. The molecule has 0 radical (unpaired) electrons. The van der Waals surface area contributed by atoms with Crippen molar-refractivity contribution in [3.8, 4) is 17.6 Å². The van der Waals surface area contributed by atoms with Crippen LogP contribution in [-0.4, -0.2) is 40.6 Å². The van der Waals surface area contributed by atoms with Crippen molar-refractivity contribution >= 4 is 16.5 Å². The highest BCUT2D eigenvalue weighted by Crippen LogP contribution is 2.34. The van der Waals surface area contributed by atoms with E-state index in [2.05, 4.69) is 55.8 Å². The second kappa shape index (κ2) is 7.70. The highest BCUT2D eigenvalue weighted by atomic mass is 16.5. The van der Waals surface area contributed by atoms with E-state index in [0.29, 0.717) is 17.9 Å². The second-order valence-electron chi connectivity index (χ2n) is 8.48. The molecule has 0 atom stereocenters. The Morgan fingerprint density at radius 1 is 0.938 bits per heavy atom. The minimum atomic E-state index is 0.531. The first kappa shape index (κ1) is 18.9. The Morgan fingerprint density at radius 3 is 2.72 bits per heavy atom. The van der Waals surface area contributed by atoms with Crippen molar-refractivity contribution in [2.24, 2.45) is 0 Å². The zero-order valence-electron chi connectivity index (χ0n) is 17.7. The molecule has 3 aromatic carbocycles. The number of rotatable bonds is 0. The van der Waals surface area contributed by atoms with Gasteiger partial charge in [0.05, 0.1) is 17.6 Å². The summed E-state index contributed by atoms with van der Waals surface area (Å²) in [5.41, 5.74) is 4.04. The van der Waals surface area contributed by atoms with Crippen LogP contribution in [0.2, 0.25) is 0 Å². The highest BCUT2D eigenvalue weighted by Gasteiger charge is 2.21. The molecule has 6 nitrogen and oxygen atoms in total. The molecule has 158 valence electrons. The van der Waals surface area contributed by atoms with Crippen molar-refractivity contribution < 1.29 is 4.74 Å². The maximum absolute atomic E-state index is 9.63. The third-order valence-corrected chi connectivity index (χ3v) is 6.47. The van der Waals surface area contributed by atoms with Gasteiger partial charge >= 0.3 is 0 Å². The van der Waals surface area contributed by atoms with Crippen LogP contribution in [0.4, 0.5) is 5.69 Å². The van der Waals surface area contributed by atoms with Crippen LogP contribution in [-0.2, 0) is 13.1 Å². The van der Waals surface area contributed by atoms with Gasteiger partial charge in [0.15, 0.2) is 0 Å². The summed E-state index contributed by atoms with van der Waals surface area (Å²) in [7, 11) is 0. The SMILES string of the molecule is N#Cc1ccc2cc1Oc1ccc3cccc(c3c1)N1CCN(CC1)Cc1cncn1C2. The molecule has 4 aromatic rings. The highest BCUT2D eigenvalue weighted by molar-refractivity contribution is 5.95. The van der Waals surface area contributed by atoms with E-state index in [0.717, 1.165) is 44.0 Å². The molecule has 32 heavy (non-hydrogen) atoms. The molecule has 7 rings (SSSR count). The van der Waals surface area contributed by atoms with Crippen LogP contribution in [0.1, 0.15) is 16.8 Å². The Kier molecular flexibility index (Phi) is 4.55. The van der Waals surface area contributed by atoms with Gasteiger partial charge in [0.25, 0.3) is 0 Å². The van der Waals surface area contributed by atoms with Gasteiger partial charge in [0.1, 0.15) is 17.6 Å². The normalized spacial score (nSPS) is 16.0. The lowest BCUT2D eigenvalue weighted by Gasteiger charge is -2.36. The van der Waals surface area contributed by atoms with Gasteiger partial charge in [0, 0.05) is 56.5 Å². The van der Waals surface area contributed by atoms with Crippen molar-refractivity contribution in [2.45, 2.75) is 13.1 Å². The number of nitrogens with zero attached hydrogens (tertiary/aromatic N) is 5. The largest absolute Gasteiger partial charge is 0.456 e. The average Bonchev–Trinajstić information content (AvgIpc) is 3.25. The number of aromatic nitrogens is 2. The molecular weight excluding hydrogens is 398 g/mol. The van der Waals surface area contributed by atoms with Crippen LogP contribution in [0.5, 0.6) is 11.5 Å². The Morgan fingerprint density at radius 2 is 1.84 bits per heavy atom. The first-order chi connectivity index (χ1) is 15.8. The fourth-order valence-corrected chi connectivity index (χ4v) is 4.74. The van der Waals surface area contributed by atoms with E-state index in [1.165, 1.54) is 22.2 Å². The lowest BCUT2D eigenvalue weighted by molar-refractivity contribution is 0.244. The number of hydrogen-bond acceptors (Lipinski definition) is 5. The lowest BCUT2D eigenvalue weighted by atomic mass is 10.1. The van der Waals surface area contributed by atoms with Crippen LogP contribution in [0.3, 0.4) is 0 Å². The van der Waals surface area contributed by atoms with Crippen LogP contribution in [0.15, 0.2) is 67.1 Å². The third-order valence-electron chi connectivity index (χ3n) is 6.47. The summed E-state index contributed by atoms with van der Waals surface area (Å²) >= 11 is 0. The molecule has 0 spiro atoms. The predicted molar refractivity (Wildman–Crippen MR) is 124 cm³/mol. The molecule has 0 N–H and O–H groups in total. The number of hydrogen-bond donors (Lipinski definition) is 0. The van der Waals surface area contributed by atoms with Crippen LogP contribution in [0.25, 0.3) is 10.8 Å². The van der Waals surface area contributed by atoms with Crippen LogP contribution < -0.4 is 9.64 Å². The summed E-state index contributed by atoms with van der Waals surface area (Å²) < 4.78 is 8.46. The minimum absolute atomic E-state index is 0.531. The Bertz CT molecular complexity index is 1340. The standard InChI is InChI=1S/C26H23N5O/c27-14-21-5-4-19-12-26(21)32-23-7-6-20-2-1-3-25(24(20)13-23)30-10-8-29(9-11-30)17-22-15-28-18-31(22)16-19/h1-7,12-13,15,18H,8-11,16-17H2. The van der Waals surface area contributed by atoms with Crippen molar-refractivity contribution in [1.82, 2.24) is 14.5 Å². The molecule has 1 saturated heterocycles. The topological polar surface area (TPSA) is 57.3 Å². The van der Waals surface area contributed by atoms with Gasteiger partial charge in [-0.3, -0.25) is 4.90 Å².